The maximum atomic E-state index is 13.1. The number of fused-ring (bicyclic) bond motifs is 5. The van der Waals surface area contributed by atoms with E-state index in [4.69, 9.17) is 0 Å². The van der Waals surface area contributed by atoms with Gasteiger partial charge in [-0.05, 0) is 93.1 Å². The normalized spacial score (nSPS) is 44.2. The Balaban J connectivity index is 1.65. The van der Waals surface area contributed by atoms with Crippen LogP contribution in [0.25, 0.3) is 0 Å². The first-order valence-electron chi connectivity index (χ1n) is 12.6. The van der Waals surface area contributed by atoms with Gasteiger partial charge in [-0.1, -0.05) is 33.3 Å². The van der Waals surface area contributed by atoms with Gasteiger partial charge in [0, 0.05) is 11.0 Å². The van der Waals surface area contributed by atoms with Crippen molar-refractivity contribution in [3.63, 3.8) is 0 Å². The first-order chi connectivity index (χ1) is 14.8. The highest BCUT2D eigenvalue weighted by Gasteiger charge is 2.61. The number of hydrogen-bond acceptors (Lipinski definition) is 5. The fourth-order valence-electron chi connectivity index (χ4n) is 7.92. The predicted octanol–water partition coefficient (Wildman–Crippen LogP) is 3.54. The van der Waals surface area contributed by atoms with Gasteiger partial charge in [-0.2, -0.15) is 0 Å². The summed E-state index contributed by atoms with van der Waals surface area (Å²) in [5.41, 5.74) is 0.0264. The van der Waals surface area contributed by atoms with Crippen LogP contribution in [0.4, 0.5) is 0 Å². The van der Waals surface area contributed by atoms with E-state index in [1.807, 2.05) is 6.92 Å². The summed E-state index contributed by atoms with van der Waals surface area (Å²) in [6, 6.07) is 0. The largest absolute Gasteiger partial charge is 0.390 e. The van der Waals surface area contributed by atoms with Crippen LogP contribution in [0, 0.1) is 34.5 Å². The summed E-state index contributed by atoms with van der Waals surface area (Å²) in [7, 11) is 0. The Hall–Kier alpha value is -1.01. The molecule has 0 bridgehead atoms. The SMILES string of the molecule is CC(C)CCC(O)C(C)(O)C1CCC2C3=CC(=O)C4=CC(O)C(O)CC4(C)C3CCC21C. The highest BCUT2D eigenvalue weighted by molar-refractivity contribution is 6.07. The molecule has 4 N–H and O–H groups in total. The third-order valence-corrected chi connectivity index (χ3v) is 9.82. The van der Waals surface area contributed by atoms with Crippen molar-refractivity contribution in [3.8, 4) is 0 Å². The molecular formula is C27H42O5. The van der Waals surface area contributed by atoms with E-state index in [-0.39, 0.29) is 29.0 Å². The molecule has 2 saturated carbocycles. The second kappa shape index (κ2) is 8.04. The van der Waals surface area contributed by atoms with Gasteiger partial charge in [0.15, 0.2) is 5.78 Å². The molecule has 9 atom stereocenters. The van der Waals surface area contributed by atoms with Crippen molar-refractivity contribution in [3.05, 3.63) is 23.3 Å². The maximum Gasteiger partial charge on any atom is 0.182 e. The van der Waals surface area contributed by atoms with Gasteiger partial charge in [-0.3, -0.25) is 4.79 Å². The zero-order valence-electron chi connectivity index (χ0n) is 20.3. The quantitative estimate of drug-likeness (QED) is 0.518. The molecule has 0 saturated heterocycles. The maximum absolute atomic E-state index is 13.1. The van der Waals surface area contributed by atoms with Crippen molar-refractivity contribution in [2.45, 2.75) is 103 Å². The van der Waals surface area contributed by atoms with E-state index in [9.17, 15) is 25.2 Å². The van der Waals surface area contributed by atoms with Crippen LogP contribution in [-0.4, -0.2) is 50.1 Å². The van der Waals surface area contributed by atoms with Gasteiger partial charge in [0.2, 0.25) is 0 Å². The predicted molar refractivity (Wildman–Crippen MR) is 124 cm³/mol. The molecule has 5 nitrogen and oxygen atoms in total. The van der Waals surface area contributed by atoms with Crippen molar-refractivity contribution < 1.29 is 25.2 Å². The zero-order chi connectivity index (χ0) is 23.6. The van der Waals surface area contributed by atoms with Crippen molar-refractivity contribution in [1.82, 2.24) is 0 Å². The van der Waals surface area contributed by atoms with Crippen LogP contribution < -0.4 is 0 Å². The first-order valence-corrected chi connectivity index (χ1v) is 12.6. The molecule has 2 fully saturated rings. The lowest BCUT2D eigenvalue weighted by Crippen LogP contribution is -2.55. The summed E-state index contributed by atoms with van der Waals surface area (Å²) in [6.07, 6.45) is 6.22. The minimum Gasteiger partial charge on any atom is -0.390 e. The molecular weight excluding hydrogens is 404 g/mol. The van der Waals surface area contributed by atoms with Gasteiger partial charge in [-0.15, -0.1) is 0 Å². The number of rotatable bonds is 5. The summed E-state index contributed by atoms with van der Waals surface area (Å²) >= 11 is 0. The van der Waals surface area contributed by atoms with E-state index in [0.29, 0.717) is 24.3 Å². The van der Waals surface area contributed by atoms with E-state index >= 15 is 0 Å². The Bertz CT molecular complexity index is 826. The lowest BCUT2D eigenvalue weighted by atomic mass is 9.49. The third kappa shape index (κ3) is 3.55. The fourth-order valence-corrected chi connectivity index (χ4v) is 7.92. The van der Waals surface area contributed by atoms with E-state index in [1.165, 1.54) is 5.57 Å². The molecule has 4 aliphatic rings. The number of aliphatic hydroxyl groups excluding tert-OH is 3. The van der Waals surface area contributed by atoms with E-state index in [1.54, 1.807) is 12.2 Å². The third-order valence-electron chi connectivity index (χ3n) is 9.82. The van der Waals surface area contributed by atoms with Gasteiger partial charge >= 0.3 is 0 Å². The van der Waals surface area contributed by atoms with Crippen molar-refractivity contribution in [1.29, 1.82) is 0 Å². The van der Waals surface area contributed by atoms with Gasteiger partial charge in [0.1, 0.15) is 0 Å². The number of allylic oxidation sites excluding steroid dienone is 3. The second-order valence-corrected chi connectivity index (χ2v) is 12.3. The Morgan fingerprint density at radius 2 is 1.81 bits per heavy atom. The Morgan fingerprint density at radius 3 is 2.47 bits per heavy atom. The topological polar surface area (TPSA) is 98.0 Å². The second-order valence-electron chi connectivity index (χ2n) is 12.3. The summed E-state index contributed by atoms with van der Waals surface area (Å²) in [6.45, 7) is 10.4. The van der Waals surface area contributed by atoms with Crippen molar-refractivity contribution in [2.24, 2.45) is 34.5 Å². The molecule has 4 aliphatic carbocycles. The molecule has 0 aromatic rings. The van der Waals surface area contributed by atoms with Crippen molar-refractivity contribution in [2.75, 3.05) is 0 Å². The molecule has 0 aromatic heterocycles. The van der Waals surface area contributed by atoms with Crippen LogP contribution in [0.15, 0.2) is 23.3 Å². The smallest absolute Gasteiger partial charge is 0.182 e. The average Bonchev–Trinajstić information content (AvgIpc) is 3.06. The van der Waals surface area contributed by atoms with Crippen LogP contribution in [0.5, 0.6) is 0 Å². The molecule has 0 radical (unpaired) electrons. The minimum absolute atomic E-state index is 0.0253. The number of aliphatic hydroxyl groups is 4. The van der Waals surface area contributed by atoms with Crippen LogP contribution in [-0.2, 0) is 4.79 Å². The number of hydrogen-bond donors (Lipinski definition) is 4. The molecule has 0 spiro atoms. The number of carbonyl (C=O) groups excluding carboxylic acids is 1. The summed E-state index contributed by atoms with van der Waals surface area (Å²) in [5.74, 6) is 0.778. The Labute approximate surface area is 192 Å². The van der Waals surface area contributed by atoms with Gasteiger partial charge in [0.05, 0.1) is 23.9 Å². The standard InChI is InChI=1S/C27H42O5/c1-15(2)6-9-24(31)27(5,32)23-8-7-17-16-12-20(28)19-13-21(29)22(30)14-26(19,4)18(16)10-11-25(17,23)3/h12-13,15,17-18,21-24,29-32H,6-11,14H2,1-5H3. The summed E-state index contributed by atoms with van der Waals surface area (Å²) in [4.78, 5) is 13.1. The molecule has 0 amide bonds. The van der Waals surface area contributed by atoms with Gasteiger partial charge in [0.25, 0.3) is 0 Å². The van der Waals surface area contributed by atoms with Crippen molar-refractivity contribution >= 4 is 5.78 Å². The highest BCUT2D eigenvalue weighted by atomic mass is 16.3. The molecule has 0 aliphatic heterocycles. The number of ketones is 1. The Kier molecular flexibility index (Phi) is 6.06. The van der Waals surface area contributed by atoms with Gasteiger partial charge < -0.3 is 20.4 Å². The fraction of sp³-hybridized carbons (Fsp3) is 0.815. The monoisotopic (exact) mass is 446 g/mol. The number of carbonyl (C=O) groups is 1. The molecule has 180 valence electrons. The van der Waals surface area contributed by atoms with Crippen LogP contribution in [0.1, 0.15) is 79.6 Å². The average molecular weight is 447 g/mol. The highest BCUT2D eigenvalue weighted by Crippen LogP contribution is 2.66. The minimum atomic E-state index is -1.16. The zero-order valence-corrected chi connectivity index (χ0v) is 20.3. The molecule has 5 heteroatoms. The molecule has 0 heterocycles. The van der Waals surface area contributed by atoms with Crippen LogP contribution in [0.3, 0.4) is 0 Å². The molecule has 32 heavy (non-hydrogen) atoms. The van der Waals surface area contributed by atoms with E-state index in [2.05, 4.69) is 27.7 Å². The van der Waals surface area contributed by atoms with Gasteiger partial charge in [-0.25, -0.2) is 0 Å². The molecule has 0 aromatic carbocycles. The van der Waals surface area contributed by atoms with Crippen LogP contribution >= 0.6 is 0 Å². The lowest BCUT2D eigenvalue weighted by molar-refractivity contribution is -0.139. The summed E-state index contributed by atoms with van der Waals surface area (Å²) < 4.78 is 0. The lowest BCUT2D eigenvalue weighted by Gasteiger charge is -2.56. The molecule has 4 rings (SSSR count). The van der Waals surface area contributed by atoms with E-state index in [0.717, 1.165) is 32.1 Å². The summed E-state index contributed by atoms with van der Waals surface area (Å²) in [5, 5.41) is 43.0. The Morgan fingerprint density at radius 1 is 1.12 bits per heavy atom. The van der Waals surface area contributed by atoms with E-state index < -0.39 is 29.3 Å². The first kappa shape index (κ1) is 24.1. The molecule has 9 unspecified atom stereocenters. The van der Waals surface area contributed by atoms with Crippen LogP contribution in [0.2, 0.25) is 0 Å².